The van der Waals surface area contributed by atoms with E-state index in [0.717, 1.165) is 5.56 Å². The first-order valence-electron chi connectivity index (χ1n) is 6.72. The van der Waals surface area contributed by atoms with Crippen LogP contribution < -0.4 is 5.32 Å². The predicted octanol–water partition coefficient (Wildman–Crippen LogP) is 2.53. The van der Waals surface area contributed by atoms with E-state index in [9.17, 15) is 4.79 Å². The lowest BCUT2D eigenvalue weighted by Gasteiger charge is -2.36. The first-order chi connectivity index (χ1) is 10.2. The van der Waals surface area contributed by atoms with Crippen LogP contribution in [0.25, 0.3) is 0 Å². The van der Waals surface area contributed by atoms with Gasteiger partial charge in [0.25, 0.3) is 0 Å². The number of nitrogens with one attached hydrogen (secondary N) is 1. The molecule has 1 saturated heterocycles. The van der Waals surface area contributed by atoms with Crippen LogP contribution in [-0.2, 0) is 4.74 Å². The van der Waals surface area contributed by atoms with E-state index in [1.807, 2.05) is 18.4 Å². The second kappa shape index (κ2) is 6.19. The summed E-state index contributed by atoms with van der Waals surface area (Å²) in [5.41, 5.74) is 1.12. The van der Waals surface area contributed by atoms with Crippen LogP contribution in [0.4, 0.5) is 10.6 Å². The minimum absolute atomic E-state index is 0.000186. The molecule has 1 fully saturated rings. The molecule has 2 atom stereocenters. The number of amides is 2. The van der Waals surface area contributed by atoms with Crippen molar-refractivity contribution in [1.29, 1.82) is 0 Å². The highest BCUT2D eigenvalue weighted by atomic mass is 32.1. The number of rotatable bonds is 2. The minimum atomic E-state index is -0.163. The molecule has 110 valence electrons. The summed E-state index contributed by atoms with van der Waals surface area (Å²) in [7, 11) is 0. The van der Waals surface area contributed by atoms with Gasteiger partial charge in [0.15, 0.2) is 0 Å². The molecule has 0 bridgehead atoms. The topological polar surface area (TPSA) is 67.4 Å². The van der Waals surface area contributed by atoms with Gasteiger partial charge in [-0.05, 0) is 35.4 Å². The minimum Gasteiger partial charge on any atom is -0.367 e. The normalized spacial score (nSPS) is 22.0. The maximum Gasteiger partial charge on any atom is 0.323 e. The van der Waals surface area contributed by atoms with Crippen LogP contribution in [0.2, 0.25) is 0 Å². The number of aromatic nitrogens is 2. The number of carbonyl (C=O) groups is 1. The number of thiophene rings is 1. The van der Waals surface area contributed by atoms with Crippen LogP contribution >= 0.6 is 11.3 Å². The molecule has 1 aliphatic heterocycles. The van der Waals surface area contributed by atoms with Gasteiger partial charge in [-0.3, -0.25) is 5.32 Å². The lowest BCUT2D eigenvalue weighted by atomic mass is 10.1. The molecular formula is C14H16N4O2S. The fourth-order valence-electron chi connectivity index (χ4n) is 2.31. The number of nitrogens with zero attached hydrogens (tertiary/aromatic N) is 3. The summed E-state index contributed by atoms with van der Waals surface area (Å²) in [6.45, 7) is 3.08. The number of anilines is 1. The third-order valence-corrected chi connectivity index (χ3v) is 3.98. The van der Waals surface area contributed by atoms with E-state index in [1.165, 1.54) is 6.33 Å². The molecule has 2 aromatic heterocycles. The lowest BCUT2D eigenvalue weighted by molar-refractivity contribution is -0.0641. The zero-order chi connectivity index (χ0) is 14.7. The second-order valence-corrected chi connectivity index (χ2v) is 5.70. The van der Waals surface area contributed by atoms with Crippen molar-refractivity contribution in [1.82, 2.24) is 14.9 Å². The van der Waals surface area contributed by atoms with E-state index in [2.05, 4.69) is 20.7 Å². The maximum atomic E-state index is 12.3. The number of urea groups is 1. The summed E-state index contributed by atoms with van der Waals surface area (Å²) in [6.07, 6.45) is 2.93. The standard InChI is InChI=1S/C14H16N4O2S/c1-10-6-18(7-12(20-10)11-3-5-21-8-11)14(19)17-13-2-4-15-9-16-13/h2-5,8-10,12H,6-7H2,1H3,(H,15,16,17,19)/t10-,12+/m0/s1. The second-order valence-electron chi connectivity index (χ2n) is 4.92. The molecule has 0 aromatic carbocycles. The van der Waals surface area contributed by atoms with E-state index in [0.29, 0.717) is 18.9 Å². The molecule has 2 aromatic rings. The van der Waals surface area contributed by atoms with Gasteiger partial charge in [0.1, 0.15) is 18.2 Å². The van der Waals surface area contributed by atoms with Crippen LogP contribution in [-0.4, -0.2) is 40.1 Å². The van der Waals surface area contributed by atoms with Crippen LogP contribution in [0, 0.1) is 0 Å². The van der Waals surface area contributed by atoms with Crippen LogP contribution in [0.15, 0.2) is 35.4 Å². The lowest BCUT2D eigenvalue weighted by Crippen LogP contribution is -2.47. The number of morpholine rings is 1. The molecule has 0 saturated carbocycles. The Bertz CT molecular complexity index is 590. The highest BCUT2D eigenvalue weighted by Gasteiger charge is 2.29. The van der Waals surface area contributed by atoms with Crippen molar-refractivity contribution in [3.8, 4) is 0 Å². The third-order valence-electron chi connectivity index (χ3n) is 3.28. The first-order valence-corrected chi connectivity index (χ1v) is 7.66. The Morgan fingerprint density at radius 2 is 2.38 bits per heavy atom. The zero-order valence-electron chi connectivity index (χ0n) is 11.6. The van der Waals surface area contributed by atoms with Crippen LogP contribution in [0.3, 0.4) is 0 Å². The summed E-state index contributed by atoms with van der Waals surface area (Å²) in [5.74, 6) is 0.501. The van der Waals surface area contributed by atoms with Crippen molar-refractivity contribution in [2.24, 2.45) is 0 Å². The average molecular weight is 304 g/mol. The molecule has 6 nitrogen and oxygen atoms in total. The summed E-state index contributed by atoms with van der Waals surface area (Å²) in [6, 6.07) is 3.54. The zero-order valence-corrected chi connectivity index (χ0v) is 12.4. The van der Waals surface area contributed by atoms with Gasteiger partial charge < -0.3 is 9.64 Å². The Hall–Kier alpha value is -1.99. The quantitative estimate of drug-likeness (QED) is 0.926. The Kier molecular flexibility index (Phi) is 4.12. The van der Waals surface area contributed by atoms with Crippen molar-refractivity contribution in [3.05, 3.63) is 41.0 Å². The van der Waals surface area contributed by atoms with E-state index in [4.69, 9.17) is 4.74 Å². The van der Waals surface area contributed by atoms with Crippen molar-refractivity contribution >= 4 is 23.2 Å². The van der Waals surface area contributed by atoms with Gasteiger partial charge in [-0.25, -0.2) is 14.8 Å². The number of hydrogen-bond donors (Lipinski definition) is 1. The molecule has 1 N–H and O–H groups in total. The van der Waals surface area contributed by atoms with Gasteiger partial charge in [0.2, 0.25) is 0 Å². The third kappa shape index (κ3) is 3.37. The molecule has 3 heterocycles. The van der Waals surface area contributed by atoms with E-state index >= 15 is 0 Å². The predicted molar refractivity (Wildman–Crippen MR) is 80.2 cm³/mol. The fourth-order valence-corrected chi connectivity index (χ4v) is 3.01. The molecular weight excluding hydrogens is 288 g/mol. The van der Waals surface area contributed by atoms with Crippen molar-refractivity contribution < 1.29 is 9.53 Å². The SMILES string of the molecule is C[C@H]1CN(C(=O)Nc2ccncn2)C[C@H](c2ccsc2)O1. The average Bonchev–Trinajstić information content (AvgIpc) is 3.02. The monoisotopic (exact) mass is 304 g/mol. The van der Waals surface area contributed by atoms with E-state index in [-0.39, 0.29) is 18.2 Å². The van der Waals surface area contributed by atoms with Gasteiger partial charge in [-0.1, -0.05) is 0 Å². The van der Waals surface area contributed by atoms with Crippen molar-refractivity contribution in [3.63, 3.8) is 0 Å². The maximum absolute atomic E-state index is 12.3. The largest absolute Gasteiger partial charge is 0.367 e. The summed E-state index contributed by atoms with van der Waals surface area (Å²) in [5, 5.41) is 6.86. The number of ether oxygens (including phenoxy) is 1. The fraction of sp³-hybridized carbons (Fsp3) is 0.357. The van der Waals surface area contributed by atoms with E-state index < -0.39 is 0 Å². The highest BCUT2D eigenvalue weighted by Crippen LogP contribution is 2.27. The first kappa shape index (κ1) is 14.0. The van der Waals surface area contributed by atoms with Gasteiger partial charge in [0, 0.05) is 12.7 Å². The van der Waals surface area contributed by atoms with Gasteiger partial charge in [0.05, 0.1) is 12.6 Å². The summed E-state index contributed by atoms with van der Waals surface area (Å²) >= 11 is 1.63. The summed E-state index contributed by atoms with van der Waals surface area (Å²) < 4.78 is 5.92. The smallest absolute Gasteiger partial charge is 0.323 e. The Balaban J connectivity index is 1.68. The van der Waals surface area contributed by atoms with Gasteiger partial charge >= 0.3 is 6.03 Å². The molecule has 2 amide bonds. The van der Waals surface area contributed by atoms with Gasteiger partial charge in [-0.15, -0.1) is 0 Å². The summed E-state index contributed by atoms with van der Waals surface area (Å²) in [4.78, 5) is 21.9. The number of hydrogen-bond acceptors (Lipinski definition) is 5. The highest BCUT2D eigenvalue weighted by molar-refractivity contribution is 7.07. The molecule has 1 aliphatic rings. The van der Waals surface area contributed by atoms with Crippen LogP contribution in [0.1, 0.15) is 18.6 Å². The van der Waals surface area contributed by atoms with E-state index in [1.54, 1.807) is 28.5 Å². The molecule has 21 heavy (non-hydrogen) atoms. The molecule has 0 aliphatic carbocycles. The van der Waals surface area contributed by atoms with Gasteiger partial charge in [-0.2, -0.15) is 11.3 Å². The number of carbonyl (C=O) groups excluding carboxylic acids is 1. The molecule has 0 radical (unpaired) electrons. The molecule has 0 spiro atoms. The van der Waals surface area contributed by atoms with Crippen LogP contribution in [0.5, 0.6) is 0 Å². The molecule has 0 unspecified atom stereocenters. The Morgan fingerprint density at radius 1 is 1.48 bits per heavy atom. The van der Waals surface area contributed by atoms with Crippen molar-refractivity contribution in [2.75, 3.05) is 18.4 Å². The Labute approximate surface area is 126 Å². The molecule has 3 rings (SSSR count). The molecule has 7 heteroatoms. The Morgan fingerprint density at radius 3 is 3.10 bits per heavy atom. The van der Waals surface area contributed by atoms with Crippen molar-refractivity contribution in [2.45, 2.75) is 19.1 Å².